The number of aromatic amines is 1. The second-order valence-corrected chi connectivity index (χ2v) is 11.4. The summed E-state index contributed by atoms with van der Waals surface area (Å²) in [5.74, 6) is -0.238. The molecule has 0 saturated carbocycles. The molecule has 6 rings (SSSR count). The lowest BCUT2D eigenvalue weighted by Gasteiger charge is -2.37. The monoisotopic (exact) mass is 583 g/mol. The van der Waals surface area contributed by atoms with Crippen LogP contribution in [-0.4, -0.2) is 49.0 Å². The summed E-state index contributed by atoms with van der Waals surface area (Å²) < 4.78 is 1.80. The Morgan fingerprint density at radius 2 is 1.68 bits per heavy atom. The predicted molar refractivity (Wildman–Crippen MR) is 173 cm³/mol. The molecule has 1 aliphatic heterocycles. The van der Waals surface area contributed by atoms with Crippen molar-refractivity contribution in [1.29, 1.82) is 0 Å². The Bertz CT molecular complexity index is 1750. The zero-order valence-electron chi connectivity index (χ0n) is 25.2. The number of carbonyl (C=O) groups excluding carboxylic acids is 2. The number of amides is 2. The van der Waals surface area contributed by atoms with Gasteiger partial charge in [-0.15, -0.1) is 0 Å². The normalized spacial score (nSPS) is 13.5. The van der Waals surface area contributed by atoms with E-state index in [0.717, 1.165) is 45.7 Å². The molecule has 2 amide bonds. The van der Waals surface area contributed by atoms with E-state index in [0.29, 0.717) is 26.1 Å². The Kier molecular flexibility index (Phi) is 8.55. The number of rotatable bonds is 9. The van der Waals surface area contributed by atoms with Crippen molar-refractivity contribution in [3.8, 4) is 5.69 Å². The quantitative estimate of drug-likeness (QED) is 0.215. The van der Waals surface area contributed by atoms with Gasteiger partial charge < -0.3 is 14.8 Å². The molecule has 3 aromatic carbocycles. The van der Waals surface area contributed by atoms with E-state index in [9.17, 15) is 9.59 Å². The molecular weight excluding hydrogens is 546 g/mol. The molecule has 1 aliphatic rings. The molecule has 7 heteroatoms. The first kappa shape index (κ1) is 28.9. The van der Waals surface area contributed by atoms with Gasteiger partial charge in [0.1, 0.15) is 6.04 Å². The van der Waals surface area contributed by atoms with Crippen LogP contribution in [-0.2, 0) is 35.5 Å². The lowest BCUT2D eigenvalue weighted by molar-refractivity contribution is -0.144. The van der Waals surface area contributed by atoms with Gasteiger partial charge in [0.2, 0.25) is 11.8 Å². The second-order valence-electron chi connectivity index (χ2n) is 11.4. The van der Waals surface area contributed by atoms with Crippen LogP contribution in [0.2, 0.25) is 0 Å². The SMILES string of the molecule is Cc1cc(C=CC(=O)N(Cc2ccc(-n3cccn3)cc2)[C@@H](Cc2ccccc2)C(=O)N2CCc3ccccc3C2)c(C)[nH]1. The second kappa shape index (κ2) is 13.0. The van der Waals surface area contributed by atoms with Crippen LogP contribution in [0.15, 0.2) is 109 Å². The van der Waals surface area contributed by atoms with Gasteiger partial charge in [-0.05, 0) is 78.4 Å². The summed E-state index contributed by atoms with van der Waals surface area (Å²) in [4.78, 5) is 35.6. The summed E-state index contributed by atoms with van der Waals surface area (Å²) >= 11 is 0. The molecule has 1 N–H and O–H groups in total. The summed E-state index contributed by atoms with van der Waals surface area (Å²) in [5.41, 5.74) is 8.30. The molecule has 222 valence electrons. The van der Waals surface area contributed by atoms with Crippen LogP contribution in [0.5, 0.6) is 0 Å². The first-order valence-corrected chi connectivity index (χ1v) is 15.1. The largest absolute Gasteiger partial charge is 0.362 e. The highest BCUT2D eigenvalue weighted by Crippen LogP contribution is 2.23. The van der Waals surface area contributed by atoms with Crippen LogP contribution < -0.4 is 0 Å². The van der Waals surface area contributed by atoms with Gasteiger partial charge in [0.25, 0.3) is 0 Å². The van der Waals surface area contributed by atoms with E-state index < -0.39 is 6.04 Å². The third kappa shape index (κ3) is 6.57. The highest BCUT2D eigenvalue weighted by molar-refractivity contribution is 5.96. The van der Waals surface area contributed by atoms with Crippen molar-refractivity contribution in [3.05, 3.63) is 149 Å². The topological polar surface area (TPSA) is 74.2 Å². The van der Waals surface area contributed by atoms with E-state index in [1.165, 1.54) is 5.56 Å². The minimum atomic E-state index is -0.681. The third-order valence-electron chi connectivity index (χ3n) is 8.31. The minimum Gasteiger partial charge on any atom is -0.362 e. The number of nitrogens with zero attached hydrogens (tertiary/aromatic N) is 4. The van der Waals surface area contributed by atoms with Gasteiger partial charge in [-0.3, -0.25) is 9.59 Å². The molecule has 0 spiro atoms. The average Bonchev–Trinajstić information content (AvgIpc) is 3.71. The number of benzene rings is 3. The van der Waals surface area contributed by atoms with Gasteiger partial charge in [0.15, 0.2) is 0 Å². The molecule has 3 heterocycles. The Morgan fingerprint density at radius 3 is 2.39 bits per heavy atom. The molecule has 0 radical (unpaired) electrons. The van der Waals surface area contributed by atoms with Gasteiger partial charge in [-0.25, -0.2) is 4.68 Å². The zero-order valence-corrected chi connectivity index (χ0v) is 25.2. The van der Waals surface area contributed by atoms with Crippen LogP contribution in [0.1, 0.15) is 39.2 Å². The van der Waals surface area contributed by atoms with E-state index in [1.54, 1.807) is 21.9 Å². The smallest absolute Gasteiger partial charge is 0.247 e. The maximum absolute atomic E-state index is 14.5. The highest BCUT2D eigenvalue weighted by atomic mass is 16.2. The summed E-state index contributed by atoms with van der Waals surface area (Å²) in [6.07, 6.45) is 8.30. The fourth-order valence-electron chi connectivity index (χ4n) is 5.95. The number of nitrogens with one attached hydrogen (secondary N) is 1. The zero-order chi connectivity index (χ0) is 30.5. The number of carbonyl (C=O) groups is 2. The molecule has 0 bridgehead atoms. The van der Waals surface area contributed by atoms with Crippen molar-refractivity contribution in [2.75, 3.05) is 6.54 Å². The van der Waals surface area contributed by atoms with E-state index >= 15 is 0 Å². The number of fused-ring (bicyclic) bond motifs is 1. The molecule has 7 nitrogen and oxygen atoms in total. The number of hydrogen-bond acceptors (Lipinski definition) is 3. The highest BCUT2D eigenvalue weighted by Gasteiger charge is 2.34. The van der Waals surface area contributed by atoms with Gasteiger partial charge in [0.05, 0.1) is 5.69 Å². The number of aromatic nitrogens is 3. The first-order chi connectivity index (χ1) is 21.4. The maximum atomic E-state index is 14.5. The maximum Gasteiger partial charge on any atom is 0.247 e. The fraction of sp³-hybridized carbons (Fsp3) is 0.216. The van der Waals surface area contributed by atoms with Crippen molar-refractivity contribution in [1.82, 2.24) is 24.6 Å². The number of aryl methyl sites for hydroxylation is 2. The van der Waals surface area contributed by atoms with Crippen LogP contribution in [0.25, 0.3) is 11.8 Å². The third-order valence-corrected chi connectivity index (χ3v) is 8.31. The van der Waals surface area contributed by atoms with E-state index in [4.69, 9.17) is 0 Å². The molecule has 44 heavy (non-hydrogen) atoms. The lowest BCUT2D eigenvalue weighted by atomic mass is 9.97. The van der Waals surface area contributed by atoms with E-state index in [1.807, 2.05) is 110 Å². The first-order valence-electron chi connectivity index (χ1n) is 15.1. The Labute approximate surface area is 258 Å². The van der Waals surface area contributed by atoms with Crippen LogP contribution in [0.4, 0.5) is 0 Å². The van der Waals surface area contributed by atoms with Crippen LogP contribution in [0, 0.1) is 13.8 Å². The number of H-pyrrole nitrogens is 1. The van der Waals surface area contributed by atoms with Crippen molar-refractivity contribution >= 4 is 17.9 Å². The summed E-state index contributed by atoms with van der Waals surface area (Å²) in [6.45, 7) is 5.45. The minimum absolute atomic E-state index is 0.0352. The molecule has 5 aromatic rings. The summed E-state index contributed by atoms with van der Waals surface area (Å²) in [7, 11) is 0. The van der Waals surface area contributed by atoms with Crippen LogP contribution in [0.3, 0.4) is 0 Å². The lowest BCUT2D eigenvalue weighted by Crippen LogP contribution is -2.52. The van der Waals surface area contributed by atoms with Gasteiger partial charge >= 0.3 is 0 Å². The Balaban J connectivity index is 1.35. The average molecular weight is 584 g/mol. The summed E-state index contributed by atoms with van der Waals surface area (Å²) in [5, 5.41) is 4.32. The molecule has 0 saturated heterocycles. The van der Waals surface area contributed by atoms with Crippen molar-refractivity contribution in [3.63, 3.8) is 0 Å². The van der Waals surface area contributed by atoms with Crippen molar-refractivity contribution in [2.45, 2.75) is 45.8 Å². The van der Waals surface area contributed by atoms with Gasteiger partial charge in [-0.1, -0.05) is 66.7 Å². The van der Waals surface area contributed by atoms with Crippen LogP contribution >= 0.6 is 0 Å². The Hall–Kier alpha value is -5.17. The molecule has 0 fully saturated rings. The number of hydrogen-bond donors (Lipinski definition) is 1. The molecule has 2 aromatic heterocycles. The molecule has 0 unspecified atom stereocenters. The molecule has 0 aliphatic carbocycles. The standard InChI is InChI=1S/C37H37N5O2/c1-27-23-32(28(2)39-27)15-18-36(43)41(25-30-13-16-34(17-14-30)42-21-8-20-38-42)35(24-29-9-4-3-5-10-29)37(44)40-22-19-31-11-6-7-12-33(31)26-40/h3-18,20-21,23,35,39H,19,22,24-26H2,1-2H3/t35-/m0/s1. The predicted octanol–water partition coefficient (Wildman–Crippen LogP) is 6.06. The summed E-state index contributed by atoms with van der Waals surface area (Å²) in [6, 6.07) is 29.5. The van der Waals surface area contributed by atoms with E-state index in [2.05, 4.69) is 22.2 Å². The van der Waals surface area contributed by atoms with Gasteiger partial charge in [-0.2, -0.15) is 5.10 Å². The van der Waals surface area contributed by atoms with E-state index in [-0.39, 0.29) is 11.8 Å². The fourth-order valence-corrected chi connectivity index (χ4v) is 5.95. The molecule has 1 atom stereocenters. The molecular formula is C37H37N5O2. The van der Waals surface area contributed by atoms with Crippen molar-refractivity contribution < 1.29 is 9.59 Å². The Morgan fingerprint density at radius 1 is 0.932 bits per heavy atom. The van der Waals surface area contributed by atoms with Crippen molar-refractivity contribution in [2.24, 2.45) is 0 Å². The van der Waals surface area contributed by atoms with Gasteiger partial charge in [0, 0.05) is 55.9 Å².